The summed E-state index contributed by atoms with van der Waals surface area (Å²) in [4.78, 5) is 0. The molecule has 2 rings (SSSR count). The smallest absolute Gasteiger partial charge is 0.164 e. The van der Waals surface area contributed by atoms with Gasteiger partial charge in [-0.1, -0.05) is 29.3 Å². The zero-order valence-corrected chi connectivity index (χ0v) is 11.6. The van der Waals surface area contributed by atoms with Gasteiger partial charge in [0.25, 0.3) is 0 Å². The van der Waals surface area contributed by atoms with E-state index in [1.54, 1.807) is 30.3 Å². The second kappa shape index (κ2) is 5.78. The number of nitrogens with one attached hydrogen (secondary N) is 1. The van der Waals surface area contributed by atoms with E-state index in [-0.39, 0.29) is 5.69 Å². The average molecular weight is 304 g/mol. The zero-order valence-electron chi connectivity index (χ0n) is 10.8. The van der Waals surface area contributed by atoms with Gasteiger partial charge in [-0.3, -0.25) is 0 Å². The Hall–Kier alpha value is -2.63. The summed E-state index contributed by atoms with van der Waals surface area (Å²) in [6.45, 7) is 1.89. The number of halogens is 3. The largest absolute Gasteiger partial charge is 0.353 e. The summed E-state index contributed by atoms with van der Waals surface area (Å²) >= 11 is 5.81. The second-order valence-electron chi connectivity index (χ2n) is 4.28. The molecule has 0 spiro atoms. The minimum atomic E-state index is -1.23. The van der Waals surface area contributed by atoms with Gasteiger partial charge in [0.15, 0.2) is 11.6 Å². The number of rotatable bonds is 2. The van der Waals surface area contributed by atoms with Gasteiger partial charge in [0, 0.05) is 5.69 Å². The molecule has 0 amide bonds. The van der Waals surface area contributed by atoms with Crippen molar-refractivity contribution in [3.8, 4) is 12.1 Å². The molecule has 0 saturated heterocycles. The summed E-state index contributed by atoms with van der Waals surface area (Å²) in [6, 6.07) is 9.91. The SMILES string of the molecule is Cc1ccc(Nc2c(Cl)c(F)c(C#N)c(F)c2C#N)cc1. The summed E-state index contributed by atoms with van der Waals surface area (Å²) in [5.41, 5.74) is -0.0478. The van der Waals surface area contributed by atoms with E-state index in [4.69, 9.17) is 22.1 Å². The Kier molecular flexibility index (Phi) is 4.07. The molecule has 0 aliphatic heterocycles. The number of anilines is 2. The van der Waals surface area contributed by atoms with Crippen LogP contribution in [0.2, 0.25) is 5.02 Å². The highest BCUT2D eigenvalue weighted by atomic mass is 35.5. The third-order valence-electron chi connectivity index (χ3n) is 2.87. The van der Waals surface area contributed by atoms with Gasteiger partial charge in [0.2, 0.25) is 0 Å². The number of nitrogens with zero attached hydrogens (tertiary/aromatic N) is 2. The van der Waals surface area contributed by atoms with Gasteiger partial charge >= 0.3 is 0 Å². The number of hydrogen-bond donors (Lipinski definition) is 1. The van der Waals surface area contributed by atoms with Crippen molar-refractivity contribution in [2.75, 3.05) is 5.32 Å². The molecule has 0 bridgehead atoms. The Bertz CT molecular complexity index is 787. The van der Waals surface area contributed by atoms with Gasteiger partial charge in [-0.2, -0.15) is 10.5 Å². The molecule has 104 valence electrons. The fourth-order valence-corrected chi connectivity index (χ4v) is 2.00. The molecule has 6 heteroatoms. The minimum Gasteiger partial charge on any atom is -0.353 e. The molecule has 2 aromatic carbocycles. The summed E-state index contributed by atoms with van der Waals surface area (Å²) in [6.07, 6.45) is 0. The van der Waals surface area contributed by atoms with E-state index in [0.717, 1.165) is 5.56 Å². The predicted molar refractivity (Wildman–Crippen MR) is 75.3 cm³/mol. The lowest BCUT2D eigenvalue weighted by Gasteiger charge is -2.13. The van der Waals surface area contributed by atoms with Crippen LogP contribution in [-0.4, -0.2) is 0 Å². The van der Waals surface area contributed by atoms with Crippen LogP contribution in [0.15, 0.2) is 24.3 Å². The summed E-state index contributed by atoms with van der Waals surface area (Å²) in [7, 11) is 0. The van der Waals surface area contributed by atoms with Crippen LogP contribution >= 0.6 is 11.6 Å². The third-order valence-corrected chi connectivity index (χ3v) is 3.22. The molecular weight excluding hydrogens is 296 g/mol. The van der Waals surface area contributed by atoms with Gasteiger partial charge in [0.1, 0.15) is 28.3 Å². The molecule has 1 N–H and O–H groups in total. The first-order chi connectivity index (χ1) is 9.99. The standard InChI is InChI=1S/C15H8ClF2N3/c1-8-2-4-9(5-3-8)21-15-11(7-20)13(17)10(6-19)14(18)12(15)16/h2-5,21H,1H3. The van der Waals surface area contributed by atoms with Crippen molar-refractivity contribution < 1.29 is 8.78 Å². The van der Waals surface area contributed by atoms with Crippen LogP contribution in [0, 0.1) is 41.2 Å². The van der Waals surface area contributed by atoms with Crippen molar-refractivity contribution in [3.05, 3.63) is 57.6 Å². The molecule has 0 radical (unpaired) electrons. The maximum Gasteiger partial charge on any atom is 0.164 e. The molecule has 21 heavy (non-hydrogen) atoms. The Morgan fingerprint density at radius 3 is 2.10 bits per heavy atom. The van der Waals surface area contributed by atoms with E-state index in [9.17, 15) is 8.78 Å². The fraction of sp³-hybridized carbons (Fsp3) is 0.0667. The number of hydrogen-bond acceptors (Lipinski definition) is 3. The number of nitriles is 2. The Morgan fingerprint density at radius 1 is 1.00 bits per heavy atom. The van der Waals surface area contributed by atoms with Crippen LogP contribution in [0.1, 0.15) is 16.7 Å². The van der Waals surface area contributed by atoms with Crippen molar-refractivity contribution in [1.29, 1.82) is 10.5 Å². The van der Waals surface area contributed by atoms with Crippen LogP contribution in [0.5, 0.6) is 0 Å². The lowest BCUT2D eigenvalue weighted by atomic mass is 10.1. The van der Waals surface area contributed by atoms with Crippen LogP contribution in [0.3, 0.4) is 0 Å². The third kappa shape index (κ3) is 2.65. The summed E-state index contributed by atoms with van der Waals surface area (Å²) < 4.78 is 27.8. The van der Waals surface area contributed by atoms with Crippen LogP contribution < -0.4 is 5.32 Å². The van der Waals surface area contributed by atoms with Gasteiger partial charge in [-0.15, -0.1) is 0 Å². The predicted octanol–water partition coefficient (Wildman–Crippen LogP) is 4.41. The van der Waals surface area contributed by atoms with Crippen LogP contribution in [0.4, 0.5) is 20.2 Å². The van der Waals surface area contributed by atoms with E-state index in [1.165, 1.54) is 6.07 Å². The second-order valence-corrected chi connectivity index (χ2v) is 4.66. The maximum atomic E-state index is 14.0. The number of benzene rings is 2. The fourth-order valence-electron chi connectivity index (χ4n) is 1.76. The molecule has 0 fully saturated rings. The quantitative estimate of drug-likeness (QED) is 0.836. The van der Waals surface area contributed by atoms with Crippen LogP contribution in [0.25, 0.3) is 0 Å². The van der Waals surface area contributed by atoms with Crippen LogP contribution in [-0.2, 0) is 0 Å². The van der Waals surface area contributed by atoms with Gasteiger partial charge in [-0.25, -0.2) is 8.78 Å². The Balaban J connectivity index is 2.61. The van der Waals surface area contributed by atoms with E-state index in [2.05, 4.69) is 5.32 Å². The molecule has 0 heterocycles. The molecular formula is C15H8ClF2N3. The molecule has 0 unspecified atom stereocenters. The monoisotopic (exact) mass is 303 g/mol. The highest BCUT2D eigenvalue weighted by molar-refractivity contribution is 6.34. The average Bonchev–Trinajstić information content (AvgIpc) is 2.47. The van der Waals surface area contributed by atoms with Gasteiger partial charge < -0.3 is 5.32 Å². The topological polar surface area (TPSA) is 59.6 Å². The highest BCUT2D eigenvalue weighted by Gasteiger charge is 2.23. The molecule has 0 saturated carbocycles. The number of aryl methyl sites for hydroxylation is 1. The van der Waals surface area contributed by atoms with E-state index in [1.807, 2.05) is 6.92 Å². The lowest BCUT2D eigenvalue weighted by molar-refractivity contribution is 0.576. The summed E-state index contributed by atoms with van der Waals surface area (Å²) in [5.74, 6) is -2.42. The highest BCUT2D eigenvalue weighted by Crippen LogP contribution is 2.35. The first-order valence-electron chi connectivity index (χ1n) is 5.84. The van der Waals surface area contributed by atoms with Crippen molar-refractivity contribution in [3.63, 3.8) is 0 Å². The van der Waals surface area contributed by atoms with Crippen molar-refractivity contribution in [1.82, 2.24) is 0 Å². The van der Waals surface area contributed by atoms with E-state index < -0.39 is 27.8 Å². The molecule has 0 aliphatic rings. The normalized spacial score (nSPS) is 9.81. The van der Waals surface area contributed by atoms with E-state index in [0.29, 0.717) is 5.69 Å². The minimum absolute atomic E-state index is 0.197. The van der Waals surface area contributed by atoms with Gasteiger partial charge in [-0.05, 0) is 19.1 Å². The molecule has 2 aromatic rings. The molecule has 0 aromatic heterocycles. The molecule has 0 atom stereocenters. The maximum absolute atomic E-state index is 14.0. The van der Waals surface area contributed by atoms with E-state index >= 15 is 0 Å². The molecule has 3 nitrogen and oxygen atoms in total. The van der Waals surface area contributed by atoms with Crippen molar-refractivity contribution in [2.45, 2.75) is 6.92 Å². The Labute approximate surface area is 125 Å². The summed E-state index contributed by atoms with van der Waals surface area (Å²) in [5, 5.41) is 20.0. The first-order valence-corrected chi connectivity index (χ1v) is 6.21. The first kappa shape index (κ1) is 14.8. The van der Waals surface area contributed by atoms with Crippen molar-refractivity contribution >= 4 is 23.0 Å². The van der Waals surface area contributed by atoms with Crippen molar-refractivity contribution in [2.24, 2.45) is 0 Å². The zero-order chi connectivity index (χ0) is 15.6. The lowest BCUT2D eigenvalue weighted by Crippen LogP contribution is -2.03. The molecule has 0 aliphatic carbocycles. The Morgan fingerprint density at radius 2 is 1.57 bits per heavy atom. The van der Waals surface area contributed by atoms with Gasteiger partial charge in [0.05, 0.1) is 5.69 Å².